The predicted octanol–water partition coefficient (Wildman–Crippen LogP) is 2.00. The number of benzene rings is 1. The lowest BCUT2D eigenvalue weighted by Gasteiger charge is -2.16. The molecular formula is C19H23N3O5. The first-order valence-electron chi connectivity index (χ1n) is 8.60. The summed E-state index contributed by atoms with van der Waals surface area (Å²) in [6.07, 6.45) is 0.303. The fourth-order valence-electron chi connectivity index (χ4n) is 2.43. The van der Waals surface area contributed by atoms with Gasteiger partial charge in [0.15, 0.2) is 0 Å². The van der Waals surface area contributed by atoms with E-state index in [1.165, 1.54) is 6.07 Å². The predicted molar refractivity (Wildman–Crippen MR) is 98.0 cm³/mol. The van der Waals surface area contributed by atoms with E-state index in [0.717, 1.165) is 11.1 Å². The van der Waals surface area contributed by atoms with Crippen molar-refractivity contribution in [2.45, 2.75) is 33.2 Å². The van der Waals surface area contributed by atoms with Gasteiger partial charge in [-0.15, -0.1) is 0 Å². The van der Waals surface area contributed by atoms with E-state index in [1.807, 2.05) is 45.0 Å². The first-order valence-corrected chi connectivity index (χ1v) is 8.60. The van der Waals surface area contributed by atoms with Gasteiger partial charge in [0.05, 0.1) is 6.54 Å². The minimum atomic E-state index is -1.11. The van der Waals surface area contributed by atoms with Crippen molar-refractivity contribution in [3.05, 3.63) is 41.7 Å². The number of carboxylic acid groups (broad SMARTS) is 1. The van der Waals surface area contributed by atoms with Gasteiger partial charge < -0.3 is 20.3 Å². The van der Waals surface area contributed by atoms with Crippen LogP contribution in [0.1, 0.15) is 36.4 Å². The normalized spacial score (nSPS) is 11.9. The zero-order valence-electron chi connectivity index (χ0n) is 15.5. The van der Waals surface area contributed by atoms with Crippen LogP contribution in [0.4, 0.5) is 0 Å². The molecule has 0 aliphatic heterocycles. The maximum Gasteiger partial charge on any atom is 0.326 e. The van der Waals surface area contributed by atoms with Crippen LogP contribution < -0.4 is 10.6 Å². The number of rotatable bonds is 8. The minimum Gasteiger partial charge on any atom is -0.480 e. The molecule has 8 heteroatoms. The molecule has 0 aliphatic rings. The molecular weight excluding hydrogens is 350 g/mol. The average Bonchev–Trinajstić information content (AvgIpc) is 3.09. The molecule has 3 N–H and O–H groups in total. The number of aryl methyl sites for hydroxylation is 1. The molecule has 1 aromatic carbocycles. The van der Waals surface area contributed by atoms with E-state index < -0.39 is 23.8 Å². The molecule has 1 atom stereocenters. The Morgan fingerprint density at radius 3 is 2.44 bits per heavy atom. The Kier molecular flexibility index (Phi) is 6.70. The maximum absolute atomic E-state index is 12.1. The van der Waals surface area contributed by atoms with Crippen molar-refractivity contribution in [1.82, 2.24) is 15.8 Å². The Morgan fingerprint density at radius 1 is 1.19 bits per heavy atom. The second-order valence-electron chi connectivity index (χ2n) is 6.71. The van der Waals surface area contributed by atoms with E-state index in [1.54, 1.807) is 0 Å². The molecule has 144 valence electrons. The fourth-order valence-corrected chi connectivity index (χ4v) is 2.43. The van der Waals surface area contributed by atoms with Gasteiger partial charge in [-0.05, 0) is 19.3 Å². The van der Waals surface area contributed by atoms with Crippen LogP contribution in [-0.2, 0) is 9.59 Å². The lowest BCUT2D eigenvalue weighted by atomic mass is 10.0. The number of aromatic nitrogens is 1. The molecule has 0 bridgehead atoms. The van der Waals surface area contributed by atoms with Gasteiger partial charge >= 0.3 is 5.97 Å². The van der Waals surface area contributed by atoms with Gasteiger partial charge in [0.2, 0.25) is 11.7 Å². The standard InChI is InChI=1S/C19H23N3O5/c1-11(2)8-15(19(25)26)21-17(23)10-20-18(24)16-9-14(22-27-16)13-6-4-12(3)5-7-13/h4-7,9,11,15H,8,10H2,1-3H3,(H,20,24)(H,21,23)(H,25,26)/t15-/m0/s1. The third-order valence-electron chi connectivity index (χ3n) is 3.83. The summed E-state index contributed by atoms with van der Waals surface area (Å²) in [5.41, 5.74) is 2.41. The van der Waals surface area contributed by atoms with E-state index in [0.29, 0.717) is 12.1 Å². The highest BCUT2D eigenvalue weighted by Crippen LogP contribution is 2.19. The lowest BCUT2D eigenvalue weighted by molar-refractivity contribution is -0.142. The molecule has 0 fully saturated rings. The molecule has 0 spiro atoms. The van der Waals surface area contributed by atoms with Crippen molar-refractivity contribution in [2.75, 3.05) is 6.54 Å². The van der Waals surface area contributed by atoms with Crippen molar-refractivity contribution in [3.8, 4) is 11.3 Å². The van der Waals surface area contributed by atoms with Crippen LogP contribution in [0.15, 0.2) is 34.9 Å². The Bertz CT molecular complexity index is 811. The van der Waals surface area contributed by atoms with Crippen molar-refractivity contribution in [1.29, 1.82) is 0 Å². The second kappa shape index (κ2) is 8.98. The number of hydrogen-bond acceptors (Lipinski definition) is 5. The van der Waals surface area contributed by atoms with Gasteiger partial charge in [-0.3, -0.25) is 9.59 Å². The highest BCUT2D eigenvalue weighted by molar-refractivity contribution is 5.95. The van der Waals surface area contributed by atoms with E-state index in [-0.39, 0.29) is 18.2 Å². The Balaban J connectivity index is 1.91. The molecule has 0 saturated heterocycles. The van der Waals surface area contributed by atoms with Gasteiger partial charge in [0.1, 0.15) is 11.7 Å². The van der Waals surface area contributed by atoms with Crippen molar-refractivity contribution < 1.29 is 24.0 Å². The SMILES string of the molecule is Cc1ccc(-c2cc(C(=O)NCC(=O)N[C@@H](CC(C)C)C(=O)O)on2)cc1. The molecule has 1 heterocycles. The summed E-state index contributed by atoms with van der Waals surface area (Å²) in [6, 6.07) is 8.06. The molecule has 2 aromatic rings. The van der Waals surface area contributed by atoms with Crippen molar-refractivity contribution in [2.24, 2.45) is 5.92 Å². The highest BCUT2D eigenvalue weighted by Gasteiger charge is 2.22. The molecule has 2 rings (SSSR count). The summed E-state index contributed by atoms with van der Waals surface area (Å²) in [5.74, 6) is -2.23. The van der Waals surface area contributed by atoms with Gasteiger partial charge in [-0.2, -0.15) is 0 Å². The monoisotopic (exact) mass is 373 g/mol. The van der Waals surface area contributed by atoms with Crippen LogP contribution in [0.5, 0.6) is 0 Å². The van der Waals surface area contributed by atoms with Gasteiger partial charge in [0, 0.05) is 11.6 Å². The summed E-state index contributed by atoms with van der Waals surface area (Å²) in [5, 5.41) is 17.8. The molecule has 0 radical (unpaired) electrons. The topological polar surface area (TPSA) is 122 Å². The van der Waals surface area contributed by atoms with E-state index in [4.69, 9.17) is 9.63 Å². The number of aliphatic carboxylic acids is 1. The summed E-state index contributed by atoms with van der Waals surface area (Å²) >= 11 is 0. The first-order chi connectivity index (χ1) is 12.8. The molecule has 1 aromatic heterocycles. The van der Waals surface area contributed by atoms with Gasteiger partial charge in [-0.1, -0.05) is 48.8 Å². The van der Waals surface area contributed by atoms with Crippen LogP contribution in [0.3, 0.4) is 0 Å². The smallest absolute Gasteiger partial charge is 0.326 e. The quantitative estimate of drug-likeness (QED) is 0.651. The van der Waals surface area contributed by atoms with Crippen molar-refractivity contribution >= 4 is 17.8 Å². The summed E-state index contributed by atoms with van der Waals surface area (Å²) < 4.78 is 5.03. The molecule has 8 nitrogen and oxygen atoms in total. The van der Waals surface area contributed by atoms with E-state index in [9.17, 15) is 14.4 Å². The average molecular weight is 373 g/mol. The number of nitrogens with one attached hydrogen (secondary N) is 2. The van der Waals surface area contributed by atoms with Crippen LogP contribution in [0.25, 0.3) is 11.3 Å². The number of carbonyl (C=O) groups is 3. The first kappa shape index (κ1) is 20.2. The summed E-state index contributed by atoms with van der Waals surface area (Å²) in [7, 11) is 0. The largest absolute Gasteiger partial charge is 0.480 e. The summed E-state index contributed by atoms with van der Waals surface area (Å²) in [6.45, 7) is 5.33. The Hall–Kier alpha value is -3.16. The lowest BCUT2D eigenvalue weighted by Crippen LogP contribution is -2.46. The van der Waals surface area contributed by atoms with Crippen LogP contribution in [0, 0.1) is 12.8 Å². The number of amides is 2. The Morgan fingerprint density at radius 2 is 1.85 bits per heavy atom. The summed E-state index contributed by atoms with van der Waals surface area (Å²) in [4.78, 5) is 35.2. The molecule has 0 saturated carbocycles. The van der Waals surface area contributed by atoms with E-state index in [2.05, 4.69) is 15.8 Å². The number of hydrogen-bond donors (Lipinski definition) is 3. The molecule has 0 unspecified atom stereocenters. The van der Waals surface area contributed by atoms with Gasteiger partial charge in [-0.25, -0.2) is 4.79 Å². The maximum atomic E-state index is 12.1. The van der Waals surface area contributed by atoms with Gasteiger partial charge in [0.25, 0.3) is 5.91 Å². The molecule has 2 amide bonds. The molecule has 27 heavy (non-hydrogen) atoms. The fraction of sp³-hybridized carbons (Fsp3) is 0.368. The third-order valence-corrected chi connectivity index (χ3v) is 3.83. The zero-order chi connectivity index (χ0) is 20.0. The minimum absolute atomic E-state index is 0.0321. The van der Waals surface area contributed by atoms with Crippen molar-refractivity contribution in [3.63, 3.8) is 0 Å². The second-order valence-corrected chi connectivity index (χ2v) is 6.71. The Labute approximate surface area is 156 Å². The third kappa shape index (κ3) is 5.95. The molecule has 0 aliphatic carbocycles. The van der Waals surface area contributed by atoms with E-state index >= 15 is 0 Å². The van der Waals surface area contributed by atoms with Crippen LogP contribution in [0.2, 0.25) is 0 Å². The number of carboxylic acids is 1. The number of nitrogens with zero attached hydrogens (tertiary/aromatic N) is 1. The van der Waals surface area contributed by atoms with Crippen LogP contribution >= 0.6 is 0 Å². The zero-order valence-corrected chi connectivity index (χ0v) is 15.5. The van der Waals surface area contributed by atoms with Crippen LogP contribution in [-0.4, -0.2) is 40.6 Å². The number of carbonyl (C=O) groups excluding carboxylic acids is 2. The highest BCUT2D eigenvalue weighted by atomic mass is 16.5.